The number of hydrogen-bond acceptors (Lipinski definition) is 9. The third-order valence-electron chi connectivity index (χ3n) is 5.92. The summed E-state index contributed by atoms with van der Waals surface area (Å²) in [7, 11) is 0. The number of rotatable bonds is 7. The van der Waals surface area contributed by atoms with E-state index in [0.29, 0.717) is 31.5 Å². The number of aliphatic hydroxyl groups excluding tert-OH is 1. The fourth-order valence-corrected chi connectivity index (χ4v) is 3.91. The molecule has 5 heterocycles. The lowest BCUT2D eigenvalue weighted by atomic mass is 10.0. The molecular weight excluding hydrogens is 466 g/mol. The number of fused-ring (bicyclic) bond motifs is 2. The van der Waals surface area contributed by atoms with Gasteiger partial charge in [-0.3, -0.25) is 0 Å². The zero-order valence-electron chi connectivity index (χ0n) is 19.9. The Balaban J connectivity index is 0.00000289. The summed E-state index contributed by atoms with van der Waals surface area (Å²) in [5, 5.41) is 18.4. The second-order valence-electron chi connectivity index (χ2n) is 8.97. The molecule has 4 aromatic heterocycles. The van der Waals surface area contributed by atoms with Crippen LogP contribution in [0.4, 0.5) is 5.82 Å². The van der Waals surface area contributed by atoms with Crippen LogP contribution in [0.25, 0.3) is 22.3 Å². The summed E-state index contributed by atoms with van der Waals surface area (Å²) in [4.78, 5) is 17.6. The maximum Gasteiger partial charge on any atom is 0.257 e. The zero-order valence-corrected chi connectivity index (χ0v) is 20.9. The SMILES string of the molecule is C[C@H](CNc1cc(-c2cnc3c(cnn3C(C)(C)CO)c2)ncn1)c1ccnc2c1OCCO2.S. The Morgan fingerprint density at radius 2 is 1.94 bits per heavy atom. The molecule has 0 amide bonds. The highest BCUT2D eigenvalue weighted by molar-refractivity contribution is 7.59. The van der Waals surface area contributed by atoms with Crippen LogP contribution in [0.1, 0.15) is 32.3 Å². The van der Waals surface area contributed by atoms with Crippen molar-refractivity contribution in [2.45, 2.75) is 32.2 Å². The topological polar surface area (TPSA) is 120 Å². The lowest BCUT2D eigenvalue weighted by molar-refractivity contribution is 0.156. The number of nitrogens with one attached hydrogen (secondary N) is 1. The van der Waals surface area contributed by atoms with Gasteiger partial charge in [-0.1, -0.05) is 6.92 Å². The van der Waals surface area contributed by atoms with Gasteiger partial charge in [0.1, 0.15) is 25.4 Å². The van der Waals surface area contributed by atoms with Crippen LogP contribution in [0.2, 0.25) is 0 Å². The Kier molecular flexibility index (Phi) is 7.08. The number of ether oxygens (including phenoxy) is 2. The first kappa shape index (κ1) is 24.7. The van der Waals surface area contributed by atoms with Crippen molar-refractivity contribution in [1.82, 2.24) is 29.7 Å². The fraction of sp³-hybridized carbons (Fsp3) is 0.375. The Labute approximate surface area is 210 Å². The smallest absolute Gasteiger partial charge is 0.257 e. The molecule has 0 bridgehead atoms. The largest absolute Gasteiger partial charge is 0.484 e. The molecule has 4 aromatic rings. The van der Waals surface area contributed by atoms with Gasteiger partial charge < -0.3 is 19.9 Å². The van der Waals surface area contributed by atoms with E-state index >= 15 is 0 Å². The summed E-state index contributed by atoms with van der Waals surface area (Å²) in [6.07, 6.45) is 6.81. The van der Waals surface area contributed by atoms with E-state index in [-0.39, 0.29) is 26.0 Å². The Morgan fingerprint density at radius 3 is 2.77 bits per heavy atom. The van der Waals surface area contributed by atoms with Gasteiger partial charge in [-0.05, 0) is 26.0 Å². The lowest BCUT2D eigenvalue weighted by Crippen LogP contribution is -2.31. The summed E-state index contributed by atoms with van der Waals surface area (Å²) in [6.45, 7) is 7.60. The van der Waals surface area contributed by atoms with Gasteiger partial charge in [0, 0.05) is 47.4 Å². The van der Waals surface area contributed by atoms with Crippen LogP contribution in [-0.4, -0.2) is 61.2 Å². The highest BCUT2D eigenvalue weighted by Crippen LogP contribution is 2.35. The highest BCUT2D eigenvalue weighted by atomic mass is 32.1. The van der Waals surface area contributed by atoms with Gasteiger partial charge in [-0.2, -0.15) is 18.6 Å². The minimum absolute atomic E-state index is 0. The molecule has 11 heteroatoms. The van der Waals surface area contributed by atoms with Gasteiger partial charge in [0.25, 0.3) is 5.88 Å². The standard InChI is InChI=1S/C24H27N7O3.H2S/c1-15(18-4-5-25-23-21(18)33-6-7-34-23)10-26-20-9-19(28-14-29-20)16-8-17-12-30-31(22(17)27-11-16)24(2,3)13-32;/h4-5,8-9,11-12,14-15,32H,6-7,10,13H2,1-3H3,(H,26,28,29);1H2/t15-;/m1./s1. The Bertz CT molecular complexity index is 1330. The van der Waals surface area contributed by atoms with E-state index in [1.165, 1.54) is 6.33 Å². The first-order chi connectivity index (χ1) is 16.5. The summed E-state index contributed by atoms with van der Waals surface area (Å²) in [6, 6.07) is 5.86. The summed E-state index contributed by atoms with van der Waals surface area (Å²) in [5.41, 5.74) is 2.84. The number of aliphatic hydroxyl groups is 1. The molecule has 184 valence electrons. The molecule has 0 radical (unpaired) electrons. The van der Waals surface area contributed by atoms with E-state index in [1.54, 1.807) is 23.3 Å². The lowest BCUT2D eigenvalue weighted by Gasteiger charge is -2.23. The molecule has 2 N–H and O–H groups in total. The van der Waals surface area contributed by atoms with Crippen molar-refractivity contribution in [3.8, 4) is 22.9 Å². The molecule has 1 atom stereocenters. The zero-order chi connectivity index (χ0) is 23.7. The van der Waals surface area contributed by atoms with Gasteiger partial charge in [0.05, 0.1) is 24.0 Å². The van der Waals surface area contributed by atoms with Crippen molar-refractivity contribution >= 4 is 30.3 Å². The highest BCUT2D eigenvalue weighted by Gasteiger charge is 2.23. The molecular formula is C24H29N7O3S. The van der Waals surface area contributed by atoms with Crippen molar-refractivity contribution in [2.75, 3.05) is 31.7 Å². The first-order valence-electron chi connectivity index (χ1n) is 11.2. The third kappa shape index (κ3) is 4.87. The van der Waals surface area contributed by atoms with Crippen LogP contribution in [0.15, 0.2) is 43.1 Å². The van der Waals surface area contributed by atoms with Crippen LogP contribution in [0.5, 0.6) is 11.6 Å². The van der Waals surface area contributed by atoms with Gasteiger partial charge in [-0.25, -0.2) is 24.6 Å². The maximum absolute atomic E-state index is 9.68. The molecule has 1 aliphatic heterocycles. The molecule has 0 spiro atoms. The minimum Gasteiger partial charge on any atom is -0.484 e. The Morgan fingerprint density at radius 1 is 1.11 bits per heavy atom. The van der Waals surface area contributed by atoms with Crippen molar-refractivity contribution in [3.63, 3.8) is 0 Å². The number of aromatic nitrogens is 6. The number of nitrogens with zero attached hydrogens (tertiary/aromatic N) is 6. The quantitative estimate of drug-likeness (QED) is 0.398. The van der Waals surface area contributed by atoms with Crippen LogP contribution in [0.3, 0.4) is 0 Å². The summed E-state index contributed by atoms with van der Waals surface area (Å²) < 4.78 is 13.1. The maximum atomic E-state index is 9.68. The second kappa shape index (κ2) is 10.0. The van der Waals surface area contributed by atoms with Crippen LogP contribution < -0.4 is 14.8 Å². The van der Waals surface area contributed by atoms with Gasteiger partial charge in [0.15, 0.2) is 11.4 Å². The van der Waals surface area contributed by atoms with E-state index in [1.807, 2.05) is 32.0 Å². The molecule has 10 nitrogen and oxygen atoms in total. The molecule has 0 fully saturated rings. The van der Waals surface area contributed by atoms with E-state index in [2.05, 4.69) is 37.3 Å². The van der Waals surface area contributed by atoms with Gasteiger partial charge >= 0.3 is 0 Å². The van der Waals surface area contributed by atoms with Crippen molar-refractivity contribution in [2.24, 2.45) is 0 Å². The molecule has 0 unspecified atom stereocenters. The molecule has 0 saturated carbocycles. The van der Waals surface area contributed by atoms with Gasteiger partial charge in [0.2, 0.25) is 0 Å². The molecule has 0 saturated heterocycles. The molecule has 0 aliphatic carbocycles. The number of anilines is 1. The summed E-state index contributed by atoms with van der Waals surface area (Å²) in [5.74, 6) is 2.13. The van der Waals surface area contributed by atoms with Crippen LogP contribution in [0, 0.1) is 0 Å². The molecule has 5 rings (SSSR count). The average Bonchev–Trinajstić information content (AvgIpc) is 3.31. The summed E-state index contributed by atoms with van der Waals surface area (Å²) >= 11 is 0. The predicted octanol–water partition coefficient (Wildman–Crippen LogP) is 3.11. The predicted molar refractivity (Wildman–Crippen MR) is 137 cm³/mol. The van der Waals surface area contributed by atoms with E-state index < -0.39 is 5.54 Å². The second-order valence-corrected chi connectivity index (χ2v) is 8.97. The molecule has 0 aromatic carbocycles. The normalized spacial score (nSPS) is 13.8. The van der Waals surface area contributed by atoms with E-state index in [4.69, 9.17) is 9.47 Å². The van der Waals surface area contributed by atoms with Crippen LogP contribution >= 0.6 is 13.5 Å². The number of pyridine rings is 2. The monoisotopic (exact) mass is 495 g/mol. The third-order valence-corrected chi connectivity index (χ3v) is 5.92. The fourth-order valence-electron chi connectivity index (χ4n) is 3.91. The van der Waals surface area contributed by atoms with Crippen LogP contribution in [-0.2, 0) is 5.54 Å². The average molecular weight is 496 g/mol. The Hall–Kier alpha value is -3.44. The van der Waals surface area contributed by atoms with Crippen molar-refractivity contribution < 1.29 is 14.6 Å². The van der Waals surface area contributed by atoms with Crippen molar-refractivity contribution in [1.29, 1.82) is 0 Å². The van der Waals surface area contributed by atoms with E-state index in [9.17, 15) is 5.11 Å². The molecule has 35 heavy (non-hydrogen) atoms. The van der Waals surface area contributed by atoms with Crippen molar-refractivity contribution in [3.05, 3.63) is 48.7 Å². The van der Waals surface area contributed by atoms with Gasteiger partial charge in [-0.15, -0.1) is 0 Å². The van der Waals surface area contributed by atoms with E-state index in [0.717, 1.165) is 33.6 Å². The molecule has 1 aliphatic rings. The number of hydrogen-bond donors (Lipinski definition) is 2. The minimum atomic E-state index is -0.538. The first-order valence-corrected chi connectivity index (χ1v) is 11.2.